The minimum absolute atomic E-state index is 0.0281. The van der Waals surface area contributed by atoms with E-state index >= 15 is 0 Å². The summed E-state index contributed by atoms with van der Waals surface area (Å²) < 4.78 is 0. The maximum atomic E-state index is 8.74. The number of nitrogens with zero attached hydrogens (tertiary/aromatic N) is 5. The fraction of sp³-hybridized carbons (Fsp3) is 0.167. The first-order chi connectivity index (χ1) is 9.20. The number of nitriles is 1. The lowest BCUT2D eigenvalue weighted by Crippen LogP contribution is -2.21. The fourth-order valence-corrected chi connectivity index (χ4v) is 1.75. The Balaban J connectivity index is 2.40. The molecule has 2 aromatic rings. The number of nitrogens with two attached hydrogens (primary N) is 1. The third kappa shape index (κ3) is 3.30. The van der Waals surface area contributed by atoms with Gasteiger partial charge in [0.2, 0.25) is 17.2 Å². The highest BCUT2D eigenvalue weighted by Crippen LogP contribution is 2.23. The molecule has 19 heavy (non-hydrogen) atoms. The number of halogens is 1. The van der Waals surface area contributed by atoms with Gasteiger partial charge in [-0.25, -0.2) is 0 Å². The van der Waals surface area contributed by atoms with E-state index in [9.17, 15) is 0 Å². The summed E-state index contributed by atoms with van der Waals surface area (Å²) in [5.41, 5.74) is 6.43. The molecule has 1 aromatic carbocycles. The molecular weight excluding hydrogens is 264 g/mol. The van der Waals surface area contributed by atoms with Crippen molar-refractivity contribution in [1.29, 1.82) is 5.26 Å². The van der Waals surface area contributed by atoms with E-state index in [2.05, 4.69) is 21.0 Å². The van der Waals surface area contributed by atoms with Crippen LogP contribution in [0.2, 0.25) is 5.28 Å². The first-order valence-corrected chi connectivity index (χ1v) is 5.95. The van der Waals surface area contributed by atoms with Crippen LogP contribution in [0.4, 0.5) is 17.6 Å². The molecule has 1 heterocycles. The molecule has 0 amide bonds. The molecule has 2 rings (SSSR count). The number of hydrogen-bond donors (Lipinski definition) is 1. The van der Waals surface area contributed by atoms with E-state index in [1.807, 2.05) is 30.3 Å². The lowest BCUT2D eigenvalue weighted by atomic mass is 10.3. The van der Waals surface area contributed by atoms with Gasteiger partial charge in [-0.15, -0.1) is 0 Å². The molecule has 0 bridgehead atoms. The van der Waals surface area contributed by atoms with E-state index in [1.54, 1.807) is 4.90 Å². The van der Waals surface area contributed by atoms with Gasteiger partial charge in [0.15, 0.2) is 0 Å². The van der Waals surface area contributed by atoms with Crippen molar-refractivity contribution in [2.45, 2.75) is 6.42 Å². The van der Waals surface area contributed by atoms with Crippen LogP contribution in [0.15, 0.2) is 30.3 Å². The molecule has 0 unspecified atom stereocenters. The Morgan fingerprint density at radius 3 is 2.58 bits per heavy atom. The van der Waals surface area contributed by atoms with Gasteiger partial charge in [-0.05, 0) is 23.7 Å². The van der Waals surface area contributed by atoms with Gasteiger partial charge >= 0.3 is 0 Å². The Morgan fingerprint density at radius 1 is 1.21 bits per heavy atom. The number of benzene rings is 1. The number of nitrogen functional groups attached to an aromatic ring is 1. The second kappa shape index (κ2) is 5.98. The van der Waals surface area contributed by atoms with Crippen molar-refractivity contribution in [2.75, 3.05) is 17.2 Å². The lowest BCUT2D eigenvalue weighted by molar-refractivity contribution is 0.887. The summed E-state index contributed by atoms with van der Waals surface area (Å²) in [6, 6.07) is 11.6. The highest BCUT2D eigenvalue weighted by Gasteiger charge is 2.13. The number of aromatic nitrogens is 3. The van der Waals surface area contributed by atoms with Crippen molar-refractivity contribution in [3.63, 3.8) is 0 Å². The van der Waals surface area contributed by atoms with Crippen LogP contribution >= 0.6 is 11.6 Å². The summed E-state index contributed by atoms with van der Waals surface area (Å²) in [7, 11) is 0. The predicted molar refractivity (Wildman–Crippen MR) is 72.9 cm³/mol. The highest BCUT2D eigenvalue weighted by molar-refractivity contribution is 6.28. The van der Waals surface area contributed by atoms with E-state index in [1.165, 1.54) is 0 Å². The van der Waals surface area contributed by atoms with Crippen LogP contribution in [0.3, 0.4) is 0 Å². The summed E-state index contributed by atoms with van der Waals surface area (Å²) in [5.74, 6) is 0.381. The van der Waals surface area contributed by atoms with Crippen molar-refractivity contribution in [1.82, 2.24) is 15.0 Å². The van der Waals surface area contributed by atoms with Crippen LogP contribution in [0.1, 0.15) is 6.42 Å². The maximum Gasteiger partial charge on any atom is 0.236 e. The SMILES string of the molecule is N#CCCN(c1ccccc1)c1nc(N)nc(Cl)n1. The Hall–Kier alpha value is -2.39. The van der Waals surface area contributed by atoms with Gasteiger partial charge in [0.1, 0.15) is 0 Å². The van der Waals surface area contributed by atoms with Crippen molar-refractivity contribution in [3.8, 4) is 6.07 Å². The highest BCUT2D eigenvalue weighted by atomic mass is 35.5. The normalized spacial score (nSPS) is 9.89. The summed E-state index contributed by atoms with van der Waals surface area (Å²) in [5, 5.41) is 8.77. The standard InChI is InChI=1S/C12H11ClN6/c13-10-16-11(15)18-12(17-10)19(8-4-7-14)9-5-2-1-3-6-9/h1-3,5-6H,4,8H2,(H2,15,16,17,18). The maximum absolute atomic E-state index is 8.74. The topological polar surface area (TPSA) is 91.7 Å². The van der Waals surface area contributed by atoms with Crippen LogP contribution in [0.5, 0.6) is 0 Å². The van der Waals surface area contributed by atoms with Crippen LogP contribution < -0.4 is 10.6 Å². The van der Waals surface area contributed by atoms with E-state index in [0.29, 0.717) is 18.9 Å². The molecule has 6 nitrogen and oxygen atoms in total. The Labute approximate surface area is 115 Å². The average molecular weight is 275 g/mol. The third-order valence-corrected chi connectivity index (χ3v) is 2.54. The summed E-state index contributed by atoms with van der Waals surface area (Å²) >= 11 is 5.78. The minimum atomic E-state index is 0.0281. The molecular formula is C12H11ClN6. The third-order valence-electron chi connectivity index (χ3n) is 2.37. The van der Waals surface area contributed by atoms with E-state index < -0.39 is 0 Å². The molecule has 2 N–H and O–H groups in total. The van der Waals surface area contributed by atoms with Crippen molar-refractivity contribution >= 4 is 29.2 Å². The quantitative estimate of drug-likeness (QED) is 0.918. The van der Waals surface area contributed by atoms with E-state index in [0.717, 1.165) is 5.69 Å². The molecule has 0 aliphatic rings. The van der Waals surface area contributed by atoms with Crippen molar-refractivity contribution < 1.29 is 0 Å². The molecule has 7 heteroatoms. The average Bonchev–Trinajstić information content (AvgIpc) is 2.39. The van der Waals surface area contributed by atoms with E-state index in [4.69, 9.17) is 22.6 Å². The predicted octanol–water partition coefficient (Wildman–Crippen LogP) is 2.16. The number of hydrogen-bond acceptors (Lipinski definition) is 6. The first kappa shape index (κ1) is 13.1. The monoisotopic (exact) mass is 274 g/mol. The molecule has 0 fully saturated rings. The zero-order valence-electron chi connectivity index (χ0n) is 9.99. The van der Waals surface area contributed by atoms with Crippen molar-refractivity contribution in [2.24, 2.45) is 0 Å². The Kier molecular flexibility index (Phi) is 4.11. The summed E-state index contributed by atoms with van der Waals surface area (Å²) in [6.45, 7) is 0.445. The largest absolute Gasteiger partial charge is 0.368 e. The smallest absolute Gasteiger partial charge is 0.236 e. The molecule has 0 aliphatic carbocycles. The molecule has 0 saturated carbocycles. The van der Waals surface area contributed by atoms with Crippen LogP contribution in [0.25, 0.3) is 0 Å². The van der Waals surface area contributed by atoms with E-state index in [-0.39, 0.29) is 11.2 Å². The number of anilines is 3. The molecule has 96 valence electrons. The summed E-state index contributed by atoms with van der Waals surface area (Å²) in [4.78, 5) is 13.6. The number of rotatable bonds is 4. The molecule has 0 atom stereocenters. The molecule has 0 spiro atoms. The van der Waals surface area contributed by atoms with Crippen molar-refractivity contribution in [3.05, 3.63) is 35.6 Å². The molecule has 1 aromatic heterocycles. The summed E-state index contributed by atoms with van der Waals surface area (Å²) in [6.07, 6.45) is 0.331. The zero-order valence-corrected chi connectivity index (χ0v) is 10.7. The van der Waals surface area contributed by atoms with Gasteiger partial charge in [-0.3, -0.25) is 0 Å². The van der Waals surface area contributed by atoms with Gasteiger partial charge in [0.25, 0.3) is 0 Å². The first-order valence-electron chi connectivity index (χ1n) is 5.57. The van der Waals surface area contributed by atoms with Crippen LogP contribution in [-0.2, 0) is 0 Å². The number of para-hydroxylation sites is 1. The minimum Gasteiger partial charge on any atom is -0.368 e. The van der Waals surface area contributed by atoms with Gasteiger partial charge in [0, 0.05) is 12.2 Å². The molecule has 0 radical (unpaired) electrons. The molecule has 0 aliphatic heterocycles. The Morgan fingerprint density at radius 2 is 1.95 bits per heavy atom. The van der Waals surface area contributed by atoms with Crippen LogP contribution in [-0.4, -0.2) is 21.5 Å². The fourth-order valence-electron chi connectivity index (χ4n) is 1.59. The van der Waals surface area contributed by atoms with Gasteiger partial charge < -0.3 is 10.6 Å². The second-order valence-electron chi connectivity index (χ2n) is 3.66. The van der Waals surface area contributed by atoms with Gasteiger partial charge in [-0.1, -0.05) is 18.2 Å². The lowest BCUT2D eigenvalue weighted by Gasteiger charge is -2.21. The zero-order chi connectivity index (χ0) is 13.7. The van der Waals surface area contributed by atoms with Gasteiger partial charge in [0.05, 0.1) is 12.5 Å². The van der Waals surface area contributed by atoms with Crippen LogP contribution in [0, 0.1) is 11.3 Å². The van der Waals surface area contributed by atoms with Gasteiger partial charge in [-0.2, -0.15) is 20.2 Å². The second-order valence-corrected chi connectivity index (χ2v) is 4.00. The molecule has 0 saturated heterocycles. The Bertz CT molecular complexity index is 575.